The van der Waals surface area contributed by atoms with Crippen molar-refractivity contribution in [3.63, 3.8) is 0 Å². The molecule has 0 atom stereocenters. The van der Waals surface area contributed by atoms with Crippen LogP contribution in [-0.2, 0) is 4.74 Å². The summed E-state index contributed by atoms with van der Waals surface area (Å²) >= 11 is 3.37. The Morgan fingerprint density at radius 2 is 1.73 bits per heavy atom. The summed E-state index contributed by atoms with van der Waals surface area (Å²) in [4.78, 5) is 0. The van der Waals surface area contributed by atoms with Gasteiger partial charge in [-0.1, -0.05) is 41.6 Å². The lowest BCUT2D eigenvalue weighted by Crippen LogP contribution is -2.12. The molecular formula is C9H17BrO. The largest absolute Gasteiger partial charge is 0.377 e. The summed E-state index contributed by atoms with van der Waals surface area (Å²) in [5.41, 5.74) is 0. The van der Waals surface area contributed by atoms with E-state index in [-0.39, 0.29) is 0 Å². The van der Waals surface area contributed by atoms with Crippen LogP contribution in [0.5, 0.6) is 0 Å². The maximum atomic E-state index is 5.67. The van der Waals surface area contributed by atoms with Gasteiger partial charge in [0.1, 0.15) is 0 Å². The van der Waals surface area contributed by atoms with Crippen molar-refractivity contribution in [1.29, 1.82) is 0 Å². The highest BCUT2D eigenvalue weighted by Gasteiger charge is 2.11. The Bertz CT molecular complexity index is 87.6. The van der Waals surface area contributed by atoms with Gasteiger partial charge in [-0.15, -0.1) is 0 Å². The van der Waals surface area contributed by atoms with E-state index in [1.165, 1.54) is 38.5 Å². The summed E-state index contributed by atoms with van der Waals surface area (Å²) in [5.74, 6) is 0. The monoisotopic (exact) mass is 220 g/mol. The van der Waals surface area contributed by atoms with Crippen LogP contribution < -0.4 is 0 Å². The molecule has 1 fully saturated rings. The van der Waals surface area contributed by atoms with Gasteiger partial charge in [-0.05, 0) is 12.8 Å². The van der Waals surface area contributed by atoms with Gasteiger partial charge in [-0.3, -0.25) is 0 Å². The smallest absolute Gasteiger partial charge is 0.0575 e. The summed E-state index contributed by atoms with van der Waals surface area (Å²) < 4.78 is 5.67. The van der Waals surface area contributed by atoms with Crippen LogP contribution in [0.25, 0.3) is 0 Å². The summed E-state index contributed by atoms with van der Waals surface area (Å²) in [6, 6.07) is 0. The quantitative estimate of drug-likeness (QED) is 0.525. The minimum Gasteiger partial charge on any atom is -0.377 e. The van der Waals surface area contributed by atoms with Crippen molar-refractivity contribution in [2.45, 2.75) is 44.6 Å². The lowest BCUT2D eigenvalue weighted by atomic mass is 10.1. The minimum atomic E-state index is 0.565. The van der Waals surface area contributed by atoms with E-state index in [0.717, 1.165) is 11.9 Å². The molecule has 1 aliphatic carbocycles. The van der Waals surface area contributed by atoms with Gasteiger partial charge in [0.2, 0.25) is 0 Å². The fraction of sp³-hybridized carbons (Fsp3) is 1.00. The molecule has 1 rings (SSSR count). The number of halogens is 1. The highest BCUT2D eigenvalue weighted by atomic mass is 79.9. The summed E-state index contributed by atoms with van der Waals surface area (Å²) in [5, 5.41) is 0.976. The van der Waals surface area contributed by atoms with Crippen molar-refractivity contribution < 1.29 is 4.74 Å². The Hall–Kier alpha value is 0.440. The fourth-order valence-electron chi connectivity index (χ4n) is 1.62. The number of alkyl halides is 1. The zero-order chi connectivity index (χ0) is 7.94. The molecule has 0 radical (unpaired) electrons. The molecule has 0 amide bonds. The molecule has 0 saturated heterocycles. The predicted octanol–water partition coefficient (Wildman–Crippen LogP) is 3.12. The third-order valence-electron chi connectivity index (χ3n) is 2.23. The topological polar surface area (TPSA) is 9.23 Å². The Balaban J connectivity index is 2.09. The van der Waals surface area contributed by atoms with Crippen molar-refractivity contribution in [3.8, 4) is 0 Å². The van der Waals surface area contributed by atoms with Crippen molar-refractivity contribution in [2.75, 3.05) is 11.9 Å². The van der Waals surface area contributed by atoms with Crippen LogP contribution in [0, 0.1) is 0 Å². The standard InChI is InChI=1S/C9H17BrO/c10-7-8-11-9-5-3-1-2-4-6-9/h9H,1-8H2. The zero-order valence-corrected chi connectivity index (χ0v) is 8.61. The van der Waals surface area contributed by atoms with Gasteiger partial charge in [0, 0.05) is 5.33 Å². The molecule has 0 aromatic carbocycles. The molecule has 0 aromatic heterocycles. The second-order valence-electron chi connectivity index (χ2n) is 3.17. The van der Waals surface area contributed by atoms with Gasteiger partial charge in [0.05, 0.1) is 12.7 Å². The first-order valence-corrected chi connectivity index (χ1v) is 5.73. The van der Waals surface area contributed by atoms with E-state index in [1.54, 1.807) is 0 Å². The van der Waals surface area contributed by atoms with Crippen LogP contribution in [0.4, 0.5) is 0 Å². The molecule has 0 spiro atoms. The first-order valence-electron chi connectivity index (χ1n) is 4.61. The molecule has 0 heterocycles. The second kappa shape index (κ2) is 6.01. The first-order chi connectivity index (χ1) is 5.43. The van der Waals surface area contributed by atoms with E-state index < -0.39 is 0 Å². The van der Waals surface area contributed by atoms with Crippen molar-refractivity contribution in [2.24, 2.45) is 0 Å². The summed E-state index contributed by atoms with van der Waals surface area (Å²) in [7, 11) is 0. The van der Waals surface area contributed by atoms with Gasteiger partial charge in [-0.2, -0.15) is 0 Å². The van der Waals surface area contributed by atoms with E-state index in [2.05, 4.69) is 15.9 Å². The summed E-state index contributed by atoms with van der Waals surface area (Å²) in [6.45, 7) is 0.880. The molecule has 2 heteroatoms. The van der Waals surface area contributed by atoms with E-state index in [1.807, 2.05) is 0 Å². The molecule has 0 N–H and O–H groups in total. The third-order valence-corrected chi connectivity index (χ3v) is 2.56. The molecule has 0 aromatic rings. The van der Waals surface area contributed by atoms with Crippen LogP contribution in [0.3, 0.4) is 0 Å². The van der Waals surface area contributed by atoms with Crippen LogP contribution in [0.2, 0.25) is 0 Å². The van der Waals surface area contributed by atoms with E-state index in [9.17, 15) is 0 Å². The maximum absolute atomic E-state index is 5.67. The average Bonchev–Trinajstić information content (AvgIpc) is 2.28. The Labute approximate surface area is 77.6 Å². The molecule has 1 saturated carbocycles. The molecule has 1 aliphatic rings. The van der Waals surface area contributed by atoms with Crippen molar-refractivity contribution in [1.82, 2.24) is 0 Å². The molecule has 0 aliphatic heterocycles. The normalized spacial score (nSPS) is 21.5. The van der Waals surface area contributed by atoms with Crippen molar-refractivity contribution in [3.05, 3.63) is 0 Å². The highest BCUT2D eigenvalue weighted by molar-refractivity contribution is 9.09. The number of hydrogen-bond acceptors (Lipinski definition) is 1. The predicted molar refractivity (Wildman–Crippen MR) is 51.2 cm³/mol. The fourth-order valence-corrected chi connectivity index (χ4v) is 1.81. The SMILES string of the molecule is BrCCOC1CCCCCC1. The van der Waals surface area contributed by atoms with Gasteiger partial charge in [-0.25, -0.2) is 0 Å². The van der Waals surface area contributed by atoms with Crippen LogP contribution in [0.15, 0.2) is 0 Å². The maximum Gasteiger partial charge on any atom is 0.0575 e. The Morgan fingerprint density at radius 1 is 1.09 bits per heavy atom. The molecule has 1 nitrogen and oxygen atoms in total. The third kappa shape index (κ3) is 4.12. The Morgan fingerprint density at radius 3 is 2.27 bits per heavy atom. The molecule has 66 valence electrons. The average molecular weight is 221 g/mol. The van der Waals surface area contributed by atoms with E-state index in [4.69, 9.17) is 4.74 Å². The number of hydrogen-bond donors (Lipinski definition) is 0. The number of ether oxygens (including phenoxy) is 1. The lowest BCUT2D eigenvalue weighted by Gasteiger charge is -2.13. The first kappa shape index (κ1) is 9.53. The van der Waals surface area contributed by atoms with Gasteiger partial charge in [0.25, 0.3) is 0 Å². The summed E-state index contributed by atoms with van der Waals surface area (Å²) in [6.07, 6.45) is 8.69. The van der Waals surface area contributed by atoms with Crippen LogP contribution in [0.1, 0.15) is 38.5 Å². The van der Waals surface area contributed by atoms with Crippen molar-refractivity contribution >= 4 is 15.9 Å². The minimum absolute atomic E-state index is 0.565. The van der Waals surface area contributed by atoms with Gasteiger partial charge in [0.15, 0.2) is 0 Å². The molecule has 11 heavy (non-hydrogen) atoms. The van der Waals surface area contributed by atoms with Gasteiger partial charge < -0.3 is 4.74 Å². The number of rotatable bonds is 3. The van der Waals surface area contributed by atoms with Crippen LogP contribution in [-0.4, -0.2) is 18.0 Å². The highest BCUT2D eigenvalue weighted by Crippen LogP contribution is 2.19. The zero-order valence-electron chi connectivity index (χ0n) is 7.02. The lowest BCUT2D eigenvalue weighted by molar-refractivity contribution is 0.0547. The second-order valence-corrected chi connectivity index (χ2v) is 3.97. The van der Waals surface area contributed by atoms with Gasteiger partial charge >= 0.3 is 0 Å². The van der Waals surface area contributed by atoms with E-state index >= 15 is 0 Å². The molecule has 0 bridgehead atoms. The van der Waals surface area contributed by atoms with E-state index in [0.29, 0.717) is 6.10 Å². The van der Waals surface area contributed by atoms with Crippen LogP contribution >= 0.6 is 15.9 Å². The molecular weight excluding hydrogens is 204 g/mol. The molecule has 0 unspecified atom stereocenters. The Kier molecular flexibility index (Phi) is 5.21.